The highest BCUT2D eigenvalue weighted by Crippen LogP contribution is 2.21. The summed E-state index contributed by atoms with van der Waals surface area (Å²) in [4.78, 5) is 31.4. The van der Waals surface area contributed by atoms with Crippen LogP contribution in [0.5, 0.6) is 0 Å². The molecule has 8 nitrogen and oxygen atoms in total. The standard InChI is InChI=1S/C14H11N5O3/c1-22-14(21)12-9-6-8(2-3-10(9)18-19-12)17-13(20)11-7-15-4-5-16-11/h2-7H,1H3,(H,17,20)(H,18,19). The van der Waals surface area contributed by atoms with Crippen LogP contribution in [0.3, 0.4) is 0 Å². The van der Waals surface area contributed by atoms with Gasteiger partial charge in [-0.2, -0.15) is 5.10 Å². The number of ether oxygens (including phenoxy) is 1. The molecular formula is C14H11N5O3. The normalized spacial score (nSPS) is 10.4. The molecule has 0 aliphatic rings. The molecule has 0 unspecified atom stereocenters. The zero-order valence-electron chi connectivity index (χ0n) is 11.5. The summed E-state index contributed by atoms with van der Waals surface area (Å²) in [6.07, 6.45) is 4.28. The van der Waals surface area contributed by atoms with Crippen molar-refractivity contribution in [1.82, 2.24) is 20.2 Å². The molecule has 0 fully saturated rings. The third-order valence-electron chi connectivity index (χ3n) is 3.00. The lowest BCUT2D eigenvalue weighted by molar-refractivity contribution is 0.0596. The fraction of sp³-hybridized carbons (Fsp3) is 0.0714. The Morgan fingerprint density at radius 1 is 1.27 bits per heavy atom. The van der Waals surface area contributed by atoms with E-state index in [-0.39, 0.29) is 11.4 Å². The van der Waals surface area contributed by atoms with Crippen LogP contribution in [0, 0.1) is 0 Å². The van der Waals surface area contributed by atoms with Crippen molar-refractivity contribution in [2.75, 3.05) is 12.4 Å². The monoisotopic (exact) mass is 297 g/mol. The van der Waals surface area contributed by atoms with E-state index in [9.17, 15) is 9.59 Å². The average Bonchev–Trinajstić information content (AvgIpc) is 2.98. The Kier molecular flexibility index (Phi) is 3.48. The Morgan fingerprint density at radius 2 is 2.14 bits per heavy atom. The number of methoxy groups -OCH3 is 1. The Morgan fingerprint density at radius 3 is 2.86 bits per heavy atom. The summed E-state index contributed by atoms with van der Waals surface area (Å²) in [5.74, 6) is -0.945. The number of nitrogens with one attached hydrogen (secondary N) is 2. The van der Waals surface area contributed by atoms with Crippen LogP contribution in [0.15, 0.2) is 36.8 Å². The number of aromatic nitrogens is 4. The maximum Gasteiger partial charge on any atom is 0.359 e. The minimum Gasteiger partial charge on any atom is -0.464 e. The molecule has 1 aromatic carbocycles. The van der Waals surface area contributed by atoms with Gasteiger partial charge >= 0.3 is 5.97 Å². The molecule has 1 amide bonds. The average molecular weight is 297 g/mol. The van der Waals surface area contributed by atoms with Crippen molar-refractivity contribution in [3.63, 3.8) is 0 Å². The largest absolute Gasteiger partial charge is 0.464 e. The molecule has 0 atom stereocenters. The second-order valence-corrected chi connectivity index (χ2v) is 4.37. The molecule has 0 bridgehead atoms. The molecule has 2 aromatic heterocycles. The summed E-state index contributed by atoms with van der Waals surface area (Å²) >= 11 is 0. The van der Waals surface area contributed by atoms with Crippen LogP contribution in [0.2, 0.25) is 0 Å². The minimum absolute atomic E-state index is 0.160. The number of amides is 1. The summed E-state index contributed by atoms with van der Waals surface area (Å²) in [5, 5.41) is 9.89. The molecule has 0 radical (unpaired) electrons. The van der Waals surface area contributed by atoms with Gasteiger partial charge in [0.1, 0.15) is 5.69 Å². The number of esters is 1. The van der Waals surface area contributed by atoms with Gasteiger partial charge in [-0.25, -0.2) is 9.78 Å². The molecule has 2 heterocycles. The third-order valence-corrected chi connectivity index (χ3v) is 3.00. The molecule has 8 heteroatoms. The van der Waals surface area contributed by atoms with Crippen molar-refractivity contribution in [1.29, 1.82) is 0 Å². The second kappa shape index (κ2) is 5.60. The molecule has 3 rings (SSSR count). The molecule has 0 saturated carbocycles. The molecule has 2 N–H and O–H groups in total. The Bertz CT molecular complexity index is 844. The maximum absolute atomic E-state index is 12.0. The van der Waals surface area contributed by atoms with Crippen molar-refractivity contribution in [3.8, 4) is 0 Å². The van der Waals surface area contributed by atoms with Gasteiger partial charge in [0.25, 0.3) is 5.91 Å². The van der Waals surface area contributed by atoms with Crippen LogP contribution in [0.4, 0.5) is 5.69 Å². The van der Waals surface area contributed by atoms with E-state index in [1.165, 1.54) is 25.7 Å². The third kappa shape index (κ3) is 2.49. The highest BCUT2D eigenvalue weighted by molar-refractivity contribution is 6.06. The number of hydrogen-bond acceptors (Lipinski definition) is 6. The van der Waals surface area contributed by atoms with E-state index in [2.05, 4.69) is 30.2 Å². The first kappa shape index (κ1) is 13.7. The van der Waals surface area contributed by atoms with Gasteiger partial charge < -0.3 is 10.1 Å². The minimum atomic E-state index is -0.552. The van der Waals surface area contributed by atoms with Gasteiger partial charge in [-0.15, -0.1) is 0 Å². The predicted molar refractivity (Wildman–Crippen MR) is 77.4 cm³/mol. The number of nitrogens with zero attached hydrogens (tertiary/aromatic N) is 3. The number of rotatable bonds is 3. The molecule has 22 heavy (non-hydrogen) atoms. The van der Waals surface area contributed by atoms with Crippen molar-refractivity contribution < 1.29 is 14.3 Å². The summed E-state index contributed by atoms with van der Waals surface area (Å²) in [6, 6.07) is 5.04. The summed E-state index contributed by atoms with van der Waals surface area (Å²) in [5.41, 5.74) is 1.53. The Labute approximate surface area is 124 Å². The highest BCUT2D eigenvalue weighted by atomic mass is 16.5. The van der Waals surface area contributed by atoms with Crippen LogP contribution in [-0.2, 0) is 4.74 Å². The van der Waals surface area contributed by atoms with Crippen LogP contribution < -0.4 is 5.32 Å². The molecule has 0 aliphatic heterocycles. The van der Waals surface area contributed by atoms with Crippen LogP contribution in [0.25, 0.3) is 10.9 Å². The number of hydrogen-bond donors (Lipinski definition) is 2. The quantitative estimate of drug-likeness (QED) is 0.707. The lowest BCUT2D eigenvalue weighted by atomic mass is 10.2. The topological polar surface area (TPSA) is 110 Å². The summed E-state index contributed by atoms with van der Waals surface area (Å²) < 4.78 is 4.67. The zero-order chi connectivity index (χ0) is 15.5. The van der Waals surface area contributed by atoms with E-state index in [4.69, 9.17) is 0 Å². The SMILES string of the molecule is COC(=O)c1n[nH]c2ccc(NC(=O)c3cnccn3)cc12. The van der Waals surface area contributed by atoms with Crippen LogP contribution in [-0.4, -0.2) is 39.2 Å². The molecular weight excluding hydrogens is 286 g/mol. The fourth-order valence-corrected chi connectivity index (χ4v) is 1.96. The van der Waals surface area contributed by atoms with Gasteiger partial charge in [0.2, 0.25) is 0 Å². The molecule has 0 saturated heterocycles. The predicted octanol–water partition coefficient (Wildman–Crippen LogP) is 1.39. The van der Waals surface area contributed by atoms with Crippen molar-refractivity contribution in [2.24, 2.45) is 0 Å². The van der Waals surface area contributed by atoms with Crippen molar-refractivity contribution >= 4 is 28.5 Å². The van der Waals surface area contributed by atoms with E-state index < -0.39 is 11.9 Å². The van der Waals surface area contributed by atoms with E-state index in [0.717, 1.165) is 0 Å². The van der Waals surface area contributed by atoms with Gasteiger partial charge in [0, 0.05) is 23.5 Å². The smallest absolute Gasteiger partial charge is 0.359 e. The zero-order valence-corrected chi connectivity index (χ0v) is 11.5. The van der Waals surface area contributed by atoms with E-state index >= 15 is 0 Å². The number of anilines is 1. The number of aromatic amines is 1. The van der Waals surface area contributed by atoms with Gasteiger partial charge in [0.05, 0.1) is 18.8 Å². The lowest BCUT2D eigenvalue weighted by Crippen LogP contribution is -2.13. The molecule has 0 aliphatic carbocycles. The summed E-state index contributed by atoms with van der Waals surface area (Å²) in [7, 11) is 1.28. The maximum atomic E-state index is 12.0. The number of fused-ring (bicyclic) bond motifs is 1. The van der Waals surface area contributed by atoms with E-state index in [1.807, 2.05) is 0 Å². The van der Waals surface area contributed by atoms with Gasteiger partial charge in [-0.1, -0.05) is 0 Å². The number of benzene rings is 1. The van der Waals surface area contributed by atoms with Crippen LogP contribution >= 0.6 is 0 Å². The lowest BCUT2D eigenvalue weighted by Gasteiger charge is -2.04. The van der Waals surface area contributed by atoms with Crippen molar-refractivity contribution in [3.05, 3.63) is 48.2 Å². The highest BCUT2D eigenvalue weighted by Gasteiger charge is 2.15. The second-order valence-electron chi connectivity index (χ2n) is 4.37. The first-order valence-electron chi connectivity index (χ1n) is 6.33. The van der Waals surface area contributed by atoms with Gasteiger partial charge in [-0.3, -0.25) is 14.9 Å². The molecule has 3 aromatic rings. The first-order chi connectivity index (χ1) is 10.7. The number of carbonyl (C=O) groups is 2. The van der Waals surface area contributed by atoms with Crippen molar-refractivity contribution in [2.45, 2.75) is 0 Å². The Balaban J connectivity index is 1.92. The molecule has 110 valence electrons. The van der Waals surface area contributed by atoms with Gasteiger partial charge in [-0.05, 0) is 18.2 Å². The Hall–Kier alpha value is -3.29. The van der Waals surface area contributed by atoms with Gasteiger partial charge in [0.15, 0.2) is 5.69 Å². The number of H-pyrrole nitrogens is 1. The molecule has 0 spiro atoms. The van der Waals surface area contributed by atoms with E-state index in [1.54, 1.807) is 18.2 Å². The number of carbonyl (C=O) groups excluding carboxylic acids is 2. The summed E-state index contributed by atoms with van der Waals surface area (Å²) in [6.45, 7) is 0. The first-order valence-corrected chi connectivity index (χ1v) is 6.33. The fourth-order valence-electron chi connectivity index (χ4n) is 1.96. The van der Waals surface area contributed by atoms with E-state index in [0.29, 0.717) is 16.6 Å². The van der Waals surface area contributed by atoms with Crippen LogP contribution in [0.1, 0.15) is 21.0 Å².